The highest BCUT2D eigenvalue weighted by Crippen LogP contribution is 2.30. The fraction of sp³-hybridized carbons (Fsp3) is 0.318. The van der Waals surface area contributed by atoms with E-state index in [1.54, 1.807) is 41.9 Å². The van der Waals surface area contributed by atoms with E-state index in [9.17, 15) is 18.4 Å². The van der Waals surface area contributed by atoms with Crippen molar-refractivity contribution in [3.8, 4) is 11.5 Å². The Labute approximate surface area is 176 Å². The predicted octanol–water partition coefficient (Wildman–Crippen LogP) is 3.22. The highest BCUT2D eigenvalue weighted by atomic mass is 19.3. The van der Waals surface area contributed by atoms with Crippen molar-refractivity contribution < 1.29 is 23.0 Å². The van der Waals surface area contributed by atoms with Gasteiger partial charge >= 0.3 is 6.61 Å². The lowest BCUT2D eigenvalue weighted by Crippen LogP contribution is -2.26. The van der Waals surface area contributed by atoms with Crippen LogP contribution in [0.2, 0.25) is 0 Å². The summed E-state index contributed by atoms with van der Waals surface area (Å²) in [5.74, 6) is 0.572. The second-order valence-corrected chi connectivity index (χ2v) is 7.35. The molecule has 0 saturated carbocycles. The molecule has 2 heterocycles. The van der Waals surface area contributed by atoms with Crippen LogP contribution in [0.5, 0.6) is 11.5 Å². The Morgan fingerprint density at radius 3 is 2.77 bits per heavy atom. The zero-order chi connectivity index (χ0) is 22.1. The Balaban J connectivity index is 1.56. The molecule has 0 atom stereocenters. The number of fused-ring (bicyclic) bond motifs is 2. The van der Waals surface area contributed by atoms with Crippen molar-refractivity contribution in [1.29, 1.82) is 0 Å². The Morgan fingerprint density at radius 1 is 1.23 bits per heavy atom. The molecule has 0 unspecified atom stereocenters. The van der Waals surface area contributed by atoms with Gasteiger partial charge in [-0.1, -0.05) is 6.07 Å². The molecule has 0 bridgehead atoms. The highest BCUT2D eigenvalue weighted by molar-refractivity contribution is 5.97. The van der Waals surface area contributed by atoms with E-state index in [0.717, 1.165) is 18.7 Å². The molecular formula is C22H21F2N3O4. The van der Waals surface area contributed by atoms with Crippen LogP contribution < -0.4 is 15.0 Å². The van der Waals surface area contributed by atoms with Gasteiger partial charge in [0, 0.05) is 32.1 Å². The van der Waals surface area contributed by atoms with Crippen LogP contribution in [0.1, 0.15) is 28.2 Å². The maximum atomic E-state index is 12.9. The molecule has 1 aromatic heterocycles. The monoisotopic (exact) mass is 429 g/mol. The summed E-state index contributed by atoms with van der Waals surface area (Å²) in [4.78, 5) is 31.6. The summed E-state index contributed by atoms with van der Waals surface area (Å²) in [5.41, 5.74) is 1.52. The molecule has 9 heteroatoms. The number of ether oxygens (including phenoxy) is 2. The van der Waals surface area contributed by atoms with Crippen molar-refractivity contribution in [1.82, 2.24) is 14.5 Å². The number of alkyl halides is 2. The molecule has 1 aliphatic heterocycles. The Kier molecular flexibility index (Phi) is 5.58. The van der Waals surface area contributed by atoms with E-state index >= 15 is 0 Å². The number of nitrogens with zero attached hydrogens (tertiary/aromatic N) is 3. The van der Waals surface area contributed by atoms with Crippen LogP contribution >= 0.6 is 0 Å². The van der Waals surface area contributed by atoms with Gasteiger partial charge in [0.05, 0.1) is 18.0 Å². The number of halogens is 2. The largest absolute Gasteiger partial charge is 0.493 e. The van der Waals surface area contributed by atoms with Crippen LogP contribution in [-0.4, -0.2) is 41.1 Å². The minimum Gasteiger partial charge on any atom is -0.493 e. The fourth-order valence-electron chi connectivity index (χ4n) is 3.79. The zero-order valence-corrected chi connectivity index (χ0v) is 17.1. The summed E-state index contributed by atoms with van der Waals surface area (Å²) in [6, 6.07) is 9.41. The molecule has 7 nitrogen and oxygen atoms in total. The second-order valence-electron chi connectivity index (χ2n) is 7.35. The average molecular weight is 429 g/mol. The molecule has 0 radical (unpaired) electrons. The zero-order valence-electron chi connectivity index (χ0n) is 17.1. The molecule has 0 aliphatic carbocycles. The number of aryl methyl sites for hydroxylation is 1. The first-order valence-corrected chi connectivity index (χ1v) is 9.78. The molecule has 0 spiro atoms. The fourth-order valence-corrected chi connectivity index (χ4v) is 3.79. The van der Waals surface area contributed by atoms with Crippen LogP contribution in [0.15, 0.2) is 41.2 Å². The molecule has 162 valence electrons. The lowest BCUT2D eigenvalue weighted by molar-refractivity contribution is -0.0512. The molecule has 31 heavy (non-hydrogen) atoms. The summed E-state index contributed by atoms with van der Waals surface area (Å²) in [5, 5.41) is 0.490. The van der Waals surface area contributed by atoms with Gasteiger partial charge in [0.1, 0.15) is 5.82 Å². The number of amides is 1. The van der Waals surface area contributed by atoms with Gasteiger partial charge < -0.3 is 14.4 Å². The lowest BCUT2D eigenvalue weighted by atomic mass is 10.1. The predicted molar refractivity (Wildman–Crippen MR) is 110 cm³/mol. The number of aromatic nitrogens is 2. The van der Waals surface area contributed by atoms with E-state index < -0.39 is 6.61 Å². The summed E-state index contributed by atoms with van der Waals surface area (Å²) in [6.45, 7) is -2.06. The average Bonchev–Trinajstić information content (AvgIpc) is 3.22. The molecule has 0 saturated heterocycles. The third-order valence-corrected chi connectivity index (χ3v) is 5.27. The third-order valence-electron chi connectivity index (χ3n) is 5.27. The van der Waals surface area contributed by atoms with Gasteiger partial charge in [-0.25, -0.2) is 4.98 Å². The Hall–Kier alpha value is -3.49. The molecule has 1 aliphatic rings. The van der Waals surface area contributed by atoms with E-state index in [0.29, 0.717) is 28.6 Å². The summed E-state index contributed by atoms with van der Waals surface area (Å²) in [6.07, 6.45) is 1.63. The van der Waals surface area contributed by atoms with Crippen molar-refractivity contribution in [3.05, 3.63) is 63.7 Å². The molecule has 1 amide bonds. The minimum absolute atomic E-state index is 0.0744. The molecule has 2 aromatic carbocycles. The van der Waals surface area contributed by atoms with E-state index in [2.05, 4.69) is 9.72 Å². The van der Waals surface area contributed by atoms with Crippen LogP contribution in [0, 0.1) is 0 Å². The highest BCUT2D eigenvalue weighted by Gasteiger charge is 2.19. The second kappa shape index (κ2) is 8.33. The van der Waals surface area contributed by atoms with Gasteiger partial charge in [0.25, 0.3) is 11.5 Å². The van der Waals surface area contributed by atoms with Gasteiger partial charge in [0.2, 0.25) is 0 Å². The van der Waals surface area contributed by atoms with Crippen molar-refractivity contribution in [3.63, 3.8) is 0 Å². The molecular weight excluding hydrogens is 408 g/mol. The quantitative estimate of drug-likeness (QED) is 0.602. The molecule has 0 N–H and O–H groups in total. The van der Waals surface area contributed by atoms with E-state index in [1.807, 2.05) is 0 Å². The standard InChI is InChI=1S/C22H21F2N3O4/c1-26(12-13-5-8-17(31-22(23)24)18(10-13)30-2)20(28)14-6-7-15-16(11-14)25-19-4-3-9-27(19)21(15)29/h5-8,10-11,22H,3-4,9,12H2,1-2H3. The van der Waals surface area contributed by atoms with Gasteiger partial charge in [-0.3, -0.25) is 14.2 Å². The lowest BCUT2D eigenvalue weighted by Gasteiger charge is -2.19. The van der Waals surface area contributed by atoms with Crippen molar-refractivity contribution in [2.45, 2.75) is 32.5 Å². The summed E-state index contributed by atoms with van der Waals surface area (Å²) in [7, 11) is 2.99. The number of benzene rings is 2. The molecule has 4 rings (SSSR count). The maximum absolute atomic E-state index is 12.9. The van der Waals surface area contributed by atoms with Gasteiger partial charge in [-0.05, 0) is 42.3 Å². The van der Waals surface area contributed by atoms with Crippen LogP contribution in [0.25, 0.3) is 10.9 Å². The van der Waals surface area contributed by atoms with Crippen LogP contribution in [-0.2, 0) is 19.5 Å². The van der Waals surface area contributed by atoms with E-state index in [4.69, 9.17) is 4.74 Å². The first-order valence-electron chi connectivity index (χ1n) is 9.78. The number of hydrogen-bond acceptors (Lipinski definition) is 5. The van der Waals surface area contributed by atoms with Crippen molar-refractivity contribution in [2.75, 3.05) is 14.2 Å². The topological polar surface area (TPSA) is 73.7 Å². The van der Waals surface area contributed by atoms with Crippen molar-refractivity contribution >= 4 is 16.8 Å². The number of rotatable bonds is 6. The number of carbonyl (C=O) groups excluding carboxylic acids is 1. The van der Waals surface area contributed by atoms with Gasteiger partial charge in [-0.15, -0.1) is 0 Å². The number of carbonyl (C=O) groups is 1. The SMILES string of the molecule is COc1cc(CN(C)C(=O)c2ccc3c(=O)n4c(nc3c2)CCC4)ccc1OC(F)F. The van der Waals surface area contributed by atoms with Crippen LogP contribution in [0.4, 0.5) is 8.78 Å². The van der Waals surface area contributed by atoms with Gasteiger partial charge in [-0.2, -0.15) is 8.78 Å². The Bertz CT molecular complexity index is 1210. The normalized spacial score (nSPS) is 12.8. The third kappa shape index (κ3) is 4.08. The Morgan fingerprint density at radius 2 is 2.03 bits per heavy atom. The van der Waals surface area contributed by atoms with E-state index in [1.165, 1.54) is 18.1 Å². The minimum atomic E-state index is -2.96. The molecule has 0 fully saturated rings. The van der Waals surface area contributed by atoms with Crippen LogP contribution in [0.3, 0.4) is 0 Å². The number of methoxy groups -OCH3 is 1. The maximum Gasteiger partial charge on any atom is 0.387 e. The van der Waals surface area contributed by atoms with Crippen molar-refractivity contribution in [2.24, 2.45) is 0 Å². The van der Waals surface area contributed by atoms with Gasteiger partial charge in [0.15, 0.2) is 11.5 Å². The summed E-state index contributed by atoms with van der Waals surface area (Å²) < 4.78 is 36.2. The first-order chi connectivity index (χ1) is 14.9. The number of hydrogen-bond donors (Lipinski definition) is 0. The summed E-state index contributed by atoms with van der Waals surface area (Å²) >= 11 is 0. The first kappa shape index (κ1) is 20.8. The molecule has 3 aromatic rings. The van der Waals surface area contributed by atoms with E-state index in [-0.39, 0.29) is 29.5 Å². The smallest absolute Gasteiger partial charge is 0.387 e.